The van der Waals surface area contributed by atoms with Gasteiger partial charge < -0.3 is 4.42 Å². The molecule has 6 heteroatoms. The van der Waals surface area contributed by atoms with Gasteiger partial charge in [-0.25, -0.2) is 4.98 Å². The third kappa shape index (κ3) is 3.01. The number of alkyl halides is 3. The summed E-state index contributed by atoms with van der Waals surface area (Å²) in [6.07, 6.45) is -3.20. The lowest BCUT2D eigenvalue weighted by atomic mass is 10.1. The first kappa shape index (κ1) is 13.3. The van der Waals surface area contributed by atoms with Crippen molar-refractivity contribution >= 4 is 5.78 Å². The van der Waals surface area contributed by atoms with Crippen LogP contribution in [0, 0.1) is 0 Å². The van der Waals surface area contributed by atoms with Gasteiger partial charge >= 0.3 is 6.18 Å². The molecule has 1 aromatic carbocycles. The molecule has 0 N–H and O–H groups in total. The number of aromatic nitrogens is 1. The van der Waals surface area contributed by atoms with E-state index in [9.17, 15) is 18.0 Å². The maximum atomic E-state index is 12.8. The lowest BCUT2D eigenvalue weighted by Gasteiger charge is -2.09. The zero-order chi connectivity index (χ0) is 14.0. The maximum absolute atomic E-state index is 12.8. The molecule has 0 aliphatic rings. The predicted octanol–water partition coefficient (Wildman–Crippen LogP) is 3.49. The van der Waals surface area contributed by atoms with Crippen LogP contribution in [0.2, 0.25) is 0 Å². The molecule has 2 rings (SSSR count). The van der Waals surface area contributed by atoms with Crippen molar-refractivity contribution in [2.45, 2.75) is 19.5 Å². The molecule has 19 heavy (non-hydrogen) atoms. The summed E-state index contributed by atoms with van der Waals surface area (Å²) in [6, 6.07) is 5.02. The van der Waals surface area contributed by atoms with Gasteiger partial charge in [-0.05, 0) is 19.1 Å². The Morgan fingerprint density at radius 1 is 1.32 bits per heavy atom. The fraction of sp³-hybridized carbons (Fsp3) is 0.231. The van der Waals surface area contributed by atoms with E-state index in [0.29, 0.717) is 0 Å². The highest BCUT2D eigenvalue weighted by molar-refractivity contribution is 5.77. The highest BCUT2D eigenvalue weighted by atomic mass is 19.4. The second-order valence-corrected chi connectivity index (χ2v) is 4.05. The quantitative estimate of drug-likeness (QED) is 0.856. The number of oxazole rings is 1. The van der Waals surface area contributed by atoms with Crippen LogP contribution in [0.25, 0.3) is 11.5 Å². The highest BCUT2D eigenvalue weighted by Gasteiger charge is 2.34. The molecule has 0 atom stereocenters. The van der Waals surface area contributed by atoms with Crippen molar-refractivity contribution in [3.05, 3.63) is 41.8 Å². The van der Waals surface area contributed by atoms with Gasteiger partial charge in [0.1, 0.15) is 11.5 Å². The first-order chi connectivity index (χ1) is 8.88. The SMILES string of the molecule is CC(=O)Cc1cnc(-c2ccccc2C(F)(F)F)o1. The average Bonchev–Trinajstić information content (AvgIpc) is 2.75. The minimum atomic E-state index is -4.48. The monoisotopic (exact) mass is 269 g/mol. The molecule has 1 aromatic heterocycles. The number of carbonyl (C=O) groups is 1. The number of rotatable bonds is 3. The molecule has 3 nitrogen and oxygen atoms in total. The molecular formula is C13H10F3NO2. The fourth-order valence-corrected chi connectivity index (χ4v) is 1.68. The number of carbonyl (C=O) groups excluding carboxylic acids is 1. The van der Waals surface area contributed by atoms with E-state index in [1.807, 2.05) is 0 Å². The Morgan fingerprint density at radius 2 is 2.00 bits per heavy atom. The molecule has 0 unspecified atom stereocenters. The Balaban J connectivity index is 2.42. The van der Waals surface area contributed by atoms with Crippen LogP contribution in [0.5, 0.6) is 0 Å². The van der Waals surface area contributed by atoms with Gasteiger partial charge in [0.05, 0.1) is 18.2 Å². The fourth-order valence-electron chi connectivity index (χ4n) is 1.68. The van der Waals surface area contributed by atoms with Gasteiger partial charge in [0.2, 0.25) is 5.89 Å². The van der Waals surface area contributed by atoms with Gasteiger partial charge in [0.15, 0.2) is 0 Å². The van der Waals surface area contributed by atoms with E-state index in [-0.39, 0.29) is 29.4 Å². The van der Waals surface area contributed by atoms with Crippen LogP contribution in [0.1, 0.15) is 18.2 Å². The van der Waals surface area contributed by atoms with Crippen LogP contribution in [-0.2, 0) is 17.4 Å². The standard InChI is InChI=1S/C13H10F3NO2/c1-8(18)6-9-7-17-12(19-9)10-4-2-3-5-11(10)13(14,15)16/h2-5,7H,6H2,1H3. The minimum absolute atomic E-state index is 0.0151. The van der Waals surface area contributed by atoms with Crippen LogP contribution in [-0.4, -0.2) is 10.8 Å². The number of Topliss-reactive ketones (excluding diaryl/α,β-unsaturated/α-hetero) is 1. The molecule has 0 fully saturated rings. The van der Waals surface area contributed by atoms with Gasteiger partial charge in [0, 0.05) is 5.56 Å². The molecule has 0 saturated carbocycles. The minimum Gasteiger partial charge on any atom is -0.441 e. The van der Waals surface area contributed by atoms with Crippen LogP contribution in [0.3, 0.4) is 0 Å². The molecule has 100 valence electrons. The Kier molecular flexibility index (Phi) is 3.42. The van der Waals surface area contributed by atoms with Crippen molar-refractivity contribution in [2.75, 3.05) is 0 Å². The van der Waals surface area contributed by atoms with Gasteiger partial charge in [-0.2, -0.15) is 13.2 Å². The number of hydrogen-bond acceptors (Lipinski definition) is 3. The summed E-state index contributed by atoms with van der Waals surface area (Å²) in [5, 5.41) is 0. The molecule has 2 aromatic rings. The van der Waals surface area contributed by atoms with E-state index in [1.54, 1.807) is 0 Å². The van der Waals surface area contributed by atoms with Crippen molar-refractivity contribution in [1.29, 1.82) is 0 Å². The van der Waals surface area contributed by atoms with Gasteiger partial charge in [-0.15, -0.1) is 0 Å². The Labute approximate surface area is 107 Å². The molecule has 0 amide bonds. The predicted molar refractivity (Wildman–Crippen MR) is 61.3 cm³/mol. The van der Waals surface area contributed by atoms with E-state index >= 15 is 0 Å². The number of hydrogen-bond donors (Lipinski definition) is 0. The van der Waals surface area contributed by atoms with Crippen molar-refractivity contribution in [1.82, 2.24) is 4.98 Å². The van der Waals surface area contributed by atoms with Crippen LogP contribution >= 0.6 is 0 Å². The van der Waals surface area contributed by atoms with E-state index in [1.165, 1.54) is 31.3 Å². The van der Waals surface area contributed by atoms with Crippen molar-refractivity contribution in [2.24, 2.45) is 0 Å². The van der Waals surface area contributed by atoms with Crippen LogP contribution in [0.15, 0.2) is 34.9 Å². The number of nitrogens with zero attached hydrogens (tertiary/aromatic N) is 1. The van der Waals surface area contributed by atoms with Crippen LogP contribution < -0.4 is 0 Å². The first-order valence-electron chi connectivity index (χ1n) is 5.48. The molecule has 0 saturated heterocycles. The maximum Gasteiger partial charge on any atom is 0.417 e. The molecule has 1 heterocycles. The molecule has 0 spiro atoms. The molecule has 0 aliphatic heterocycles. The zero-order valence-corrected chi connectivity index (χ0v) is 9.99. The summed E-state index contributed by atoms with van der Waals surface area (Å²) in [7, 11) is 0. The lowest BCUT2D eigenvalue weighted by Crippen LogP contribution is -2.06. The van der Waals surface area contributed by atoms with E-state index in [4.69, 9.17) is 4.42 Å². The Morgan fingerprint density at radius 3 is 2.63 bits per heavy atom. The van der Waals surface area contributed by atoms with Gasteiger partial charge in [0.25, 0.3) is 0 Å². The van der Waals surface area contributed by atoms with Gasteiger partial charge in [-0.3, -0.25) is 4.79 Å². The Hall–Kier alpha value is -2.11. The smallest absolute Gasteiger partial charge is 0.417 e. The Bertz CT molecular complexity index is 602. The highest BCUT2D eigenvalue weighted by Crippen LogP contribution is 2.36. The van der Waals surface area contributed by atoms with Crippen LogP contribution in [0.4, 0.5) is 13.2 Å². The average molecular weight is 269 g/mol. The number of ketones is 1. The number of benzene rings is 1. The van der Waals surface area contributed by atoms with Crippen molar-refractivity contribution in [3.8, 4) is 11.5 Å². The molecular weight excluding hydrogens is 259 g/mol. The summed E-state index contributed by atoms with van der Waals surface area (Å²) in [4.78, 5) is 14.7. The lowest BCUT2D eigenvalue weighted by molar-refractivity contribution is -0.137. The summed E-state index contributed by atoms with van der Waals surface area (Å²) in [5.74, 6) is -0.0320. The van der Waals surface area contributed by atoms with E-state index < -0.39 is 11.7 Å². The largest absolute Gasteiger partial charge is 0.441 e. The molecule has 0 radical (unpaired) electrons. The second kappa shape index (κ2) is 4.87. The van der Waals surface area contributed by atoms with E-state index in [0.717, 1.165) is 6.07 Å². The molecule has 0 bridgehead atoms. The zero-order valence-electron chi connectivity index (χ0n) is 9.99. The van der Waals surface area contributed by atoms with Gasteiger partial charge in [-0.1, -0.05) is 12.1 Å². The summed E-state index contributed by atoms with van der Waals surface area (Å²) in [6.45, 7) is 1.37. The topological polar surface area (TPSA) is 43.1 Å². The van der Waals surface area contributed by atoms with Crippen molar-refractivity contribution in [3.63, 3.8) is 0 Å². The third-order valence-electron chi connectivity index (χ3n) is 2.44. The second-order valence-electron chi connectivity index (χ2n) is 4.05. The summed E-state index contributed by atoms with van der Waals surface area (Å²) in [5.41, 5.74) is -0.948. The first-order valence-corrected chi connectivity index (χ1v) is 5.48. The summed E-state index contributed by atoms with van der Waals surface area (Å²) >= 11 is 0. The third-order valence-corrected chi connectivity index (χ3v) is 2.44. The number of halogens is 3. The van der Waals surface area contributed by atoms with Crippen molar-refractivity contribution < 1.29 is 22.4 Å². The molecule has 0 aliphatic carbocycles. The van der Waals surface area contributed by atoms with E-state index in [2.05, 4.69) is 4.98 Å². The normalized spacial score (nSPS) is 11.6. The summed E-state index contributed by atoms with van der Waals surface area (Å²) < 4.78 is 43.7.